The van der Waals surface area contributed by atoms with Crippen LogP contribution in [0.3, 0.4) is 0 Å². The van der Waals surface area contributed by atoms with Gasteiger partial charge in [0.1, 0.15) is 17.2 Å². The number of fused-ring (bicyclic) bond motifs is 1. The van der Waals surface area contributed by atoms with Crippen molar-refractivity contribution in [2.24, 2.45) is 0 Å². The molecule has 1 radical (unpaired) electrons. The summed E-state index contributed by atoms with van der Waals surface area (Å²) < 4.78 is 19.0. The van der Waals surface area contributed by atoms with Crippen molar-refractivity contribution in [1.82, 2.24) is 0 Å². The summed E-state index contributed by atoms with van der Waals surface area (Å²) in [6.45, 7) is 4.26. The average molecular weight is 207 g/mol. The average Bonchev–Trinajstić information content (AvgIpc) is 2.28. The molecular formula is C13H16FO. The van der Waals surface area contributed by atoms with E-state index in [2.05, 4.69) is 20.3 Å². The molecule has 0 N–H and O–H groups in total. The summed E-state index contributed by atoms with van der Waals surface area (Å²) >= 11 is 0. The molecule has 0 bridgehead atoms. The highest BCUT2D eigenvalue weighted by molar-refractivity contribution is 5.42. The quantitative estimate of drug-likeness (QED) is 0.718. The minimum atomic E-state index is -0.200. The molecule has 1 aliphatic heterocycles. The molecule has 1 nitrogen and oxygen atoms in total. The van der Waals surface area contributed by atoms with E-state index >= 15 is 0 Å². The second-order valence-electron chi connectivity index (χ2n) is 4.08. The van der Waals surface area contributed by atoms with Gasteiger partial charge in [0.25, 0.3) is 0 Å². The predicted molar refractivity (Wildman–Crippen MR) is 58.4 cm³/mol. The van der Waals surface area contributed by atoms with E-state index in [1.807, 2.05) is 0 Å². The standard InChI is InChI=1S/C13H16FO/c1-3-13(4-2)8-7-10-9-11(14)5-6-12(10)15-13/h5-7,9H,3-4,8H2,1-2H3. The van der Waals surface area contributed by atoms with Gasteiger partial charge in [-0.3, -0.25) is 0 Å². The van der Waals surface area contributed by atoms with Crippen LogP contribution in [-0.4, -0.2) is 5.60 Å². The molecule has 0 saturated carbocycles. The molecule has 0 spiro atoms. The van der Waals surface area contributed by atoms with E-state index in [4.69, 9.17) is 4.74 Å². The Balaban J connectivity index is 2.30. The van der Waals surface area contributed by atoms with E-state index in [-0.39, 0.29) is 11.4 Å². The van der Waals surface area contributed by atoms with E-state index in [9.17, 15) is 4.39 Å². The van der Waals surface area contributed by atoms with E-state index in [0.29, 0.717) is 0 Å². The fraction of sp³-hybridized carbons (Fsp3) is 0.462. The Bertz CT molecular complexity index is 356. The van der Waals surface area contributed by atoms with Crippen molar-refractivity contribution < 1.29 is 9.13 Å². The SMILES string of the molecule is CCC1(CC)C[CH]c2cc(F)ccc2O1. The zero-order valence-corrected chi connectivity index (χ0v) is 9.22. The molecule has 0 aromatic heterocycles. The molecule has 1 aliphatic rings. The first-order valence-corrected chi connectivity index (χ1v) is 5.51. The molecule has 0 unspecified atom stereocenters. The summed E-state index contributed by atoms with van der Waals surface area (Å²) in [7, 11) is 0. The van der Waals surface area contributed by atoms with E-state index in [0.717, 1.165) is 30.6 Å². The smallest absolute Gasteiger partial charge is 0.123 e. The van der Waals surface area contributed by atoms with Gasteiger partial charge in [0, 0.05) is 5.56 Å². The van der Waals surface area contributed by atoms with Crippen molar-refractivity contribution in [2.75, 3.05) is 0 Å². The normalized spacial score (nSPS) is 18.1. The third-order valence-electron chi connectivity index (χ3n) is 3.28. The minimum absolute atomic E-state index is 0.0785. The Morgan fingerprint density at radius 3 is 2.73 bits per heavy atom. The van der Waals surface area contributed by atoms with Gasteiger partial charge in [-0.1, -0.05) is 13.8 Å². The number of ether oxygens (including phenoxy) is 1. The molecule has 0 amide bonds. The Kier molecular flexibility index (Phi) is 2.68. The fourth-order valence-electron chi connectivity index (χ4n) is 2.03. The van der Waals surface area contributed by atoms with Gasteiger partial charge in [-0.25, -0.2) is 4.39 Å². The molecule has 2 rings (SSSR count). The molecule has 15 heavy (non-hydrogen) atoms. The minimum Gasteiger partial charge on any atom is -0.487 e. The molecule has 0 fully saturated rings. The first-order chi connectivity index (χ1) is 7.19. The maximum Gasteiger partial charge on any atom is 0.123 e. The van der Waals surface area contributed by atoms with Crippen LogP contribution in [-0.2, 0) is 0 Å². The Morgan fingerprint density at radius 1 is 1.33 bits per heavy atom. The number of benzene rings is 1. The number of rotatable bonds is 2. The Hall–Kier alpha value is -1.05. The maximum absolute atomic E-state index is 13.0. The first kappa shape index (κ1) is 10.5. The summed E-state index contributed by atoms with van der Waals surface area (Å²) in [5.41, 5.74) is 0.803. The summed E-state index contributed by atoms with van der Waals surface area (Å²) in [5.74, 6) is 0.612. The lowest BCUT2D eigenvalue weighted by atomic mass is 9.87. The molecule has 1 aromatic carbocycles. The lowest BCUT2D eigenvalue weighted by Crippen LogP contribution is -2.37. The van der Waals surface area contributed by atoms with Gasteiger partial charge >= 0.3 is 0 Å². The topological polar surface area (TPSA) is 9.23 Å². The van der Waals surface area contributed by atoms with Gasteiger partial charge in [0.15, 0.2) is 0 Å². The van der Waals surface area contributed by atoms with Crippen molar-refractivity contribution in [3.63, 3.8) is 0 Å². The summed E-state index contributed by atoms with van der Waals surface area (Å²) in [5, 5.41) is 0. The van der Waals surface area contributed by atoms with E-state index in [1.54, 1.807) is 6.07 Å². The van der Waals surface area contributed by atoms with Crippen molar-refractivity contribution >= 4 is 0 Å². The van der Waals surface area contributed by atoms with Gasteiger partial charge < -0.3 is 4.74 Å². The lowest BCUT2D eigenvalue weighted by Gasteiger charge is -2.37. The predicted octanol–water partition coefficient (Wildman–Crippen LogP) is 3.72. The first-order valence-electron chi connectivity index (χ1n) is 5.51. The zero-order chi connectivity index (χ0) is 10.9. The van der Waals surface area contributed by atoms with Crippen molar-refractivity contribution in [2.45, 2.75) is 38.7 Å². The molecule has 0 atom stereocenters. The largest absolute Gasteiger partial charge is 0.487 e. The zero-order valence-electron chi connectivity index (χ0n) is 9.22. The summed E-state index contributed by atoms with van der Waals surface area (Å²) in [4.78, 5) is 0. The second kappa shape index (κ2) is 3.84. The summed E-state index contributed by atoms with van der Waals surface area (Å²) in [6.07, 6.45) is 4.92. The van der Waals surface area contributed by atoms with Crippen LogP contribution in [0.15, 0.2) is 18.2 Å². The van der Waals surface area contributed by atoms with Crippen LogP contribution in [0.2, 0.25) is 0 Å². The molecule has 81 valence electrons. The van der Waals surface area contributed by atoms with Crippen LogP contribution >= 0.6 is 0 Å². The van der Waals surface area contributed by atoms with Crippen molar-refractivity contribution in [3.8, 4) is 5.75 Å². The monoisotopic (exact) mass is 207 g/mol. The van der Waals surface area contributed by atoms with Crippen LogP contribution in [0.5, 0.6) is 5.75 Å². The highest BCUT2D eigenvalue weighted by atomic mass is 19.1. The van der Waals surface area contributed by atoms with Crippen LogP contribution < -0.4 is 4.74 Å². The van der Waals surface area contributed by atoms with Crippen LogP contribution in [0.25, 0.3) is 0 Å². The highest BCUT2D eigenvalue weighted by Gasteiger charge is 2.32. The Labute approximate surface area is 90.3 Å². The molecule has 1 heterocycles. The van der Waals surface area contributed by atoms with E-state index in [1.165, 1.54) is 12.1 Å². The lowest BCUT2D eigenvalue weighted by molar-refractivity contribution is 0.0507. The van der Waals surface area contributed by atoms with Gasteiger partial charge in [0.2, 0.25) is 0 Å². The molecule has 1 aromatic rings. The number of halogens is 1. The number of hydrogen-bond donors (Lipinski definition) is 0. The molecule has 0 saturated heterocycles. The van der Waals surface area contributed by atoms with Gasteiger partial charge in [0.05, 0.1) is 0 Å². The van der Waals surface area contributed by atoms with Crippen molar-refractivity contribution in [1.29, 1.82) is 0 Å². The summed E-state index contributed by atoms with van der Waals surface area (Å²) in [6, 6.07) is 4.71. The second-order valence-corrected chi connectivity index (χ2v) is 4.08. The van der Waals surface area contributed by atoms with Gasteiger partial charge in [-0.2, -0.15) is 0 Å². The highest BCUT2D eigenvalue weighted by Crippen LogP contribution is 2.38. The molecular weight excluding hydrogens is 191 g/mol. The third-order valence-corrected chi connectivity index (χ3v) is 3.28. The van der Waals surface area contributed by atoms with E-state index < -0.39 is 0 Å². The van der Waals surface area contributed by atoms with Gasteiger partial charge in [-0.05, 0) is 43.9 Å². The molecule has 2 heteroatoms. The van der Waals surface area contributed by atoms with Crippen molar-refractivity contribution in [3.05, 3.63) is 36.0 Å². The van der Waals surface area contributed by atoms with Crippen LogP contribution in [0.1, 0.15) is 38.7 Å². The molecule has 0 aliphatic carbocycles. The fourth-order valence-corrected chi connectivity index (χ4v) is 2.03. The Morgan fingerprint density at radius 2 is 2.07 bits per heavy atom. The third kappa shape index (κ3) is 1.85. The van der Waals surface area contributed by atoms with Gasteiger partial charge in [-0.15, -0.1) is 0 Å². The van der Waals surface area contributed by atoms with Crippen LogP contribution in [0, 0.1) is 12.2 Å². The number of hydrogen-bond acceptors (Lipinski definition) is 1. The van der Waals surface area contributed by atoms with Crippen LogP contribution in [0.4, 0.5) is 4.39 Å². The maximum atomic E-state index is 13.0.